The molecule has 5 nitrogen and oxygen atoms in total. The molecule has 1 aromatic heterocycles. The van der Waals surface area contributed by atoms with Gasteiger partial charge in [0.2, 0.25) is 5.91 Å². The van der Waals surface area contributed by atoms with Crippen molar-refractivity contribution in [3.63, 3.8) is 0 Å². The number of aromatic nitrogens is 2. The fourth-order valence-electron chi connectivity index (χ4n) is 4.29. The van der Waals surface area contributed by atoms with Gasteiger partial charge in [0.1, 0.15) is 0 Å². The number of carbonyl (C=O) groups is 1. The van der Waals surface area contributed by atoms with Gasteiger partial charge in [-0.2, -0.15) is 0 Å². The van der Waals surface area contributed by atoms with E-state index in [1.165, 1.54) is 22.9 Å². The average Bonchev–Trinajstić information content (AvgIpc) is 2.86. The molecule has 0 fully saturated rings. The third-order valence-corrected chi connectivity index (χ3v) is 7.16. The van der Waals surface area contributed by atoms with Crippen LogP contribution in [0.3, 0.4) is 0 Å². The second kappa shape index (κ2) is 9.24. The minimum atomic E-state index is -0.356. The van der Waals surface area contributed by atoms with Crippen LogP contribution in [0.15, 0.2) is 88.8 Å². The summed E-state index contributed by atoms with van der Waals surface area (Å²) in [7, 11) is 0. The highest BCUT2D eigenvalue weighted by Crippen LogP contribution is 2.27. The van der Waals surface area contributed by atoms with Crippen LogP contribution in [-0.4, -0.2) is 32.2 Å². The summed E-state index contributed by atoms with van der Waals surface area (Å²) in [4.78, 5) is 33.4. The van der Waals surface area contributed by atoms with Crippen molar-refractivity contribution in [2.45, 2.75) is 36.8 Å². The zero-order valence-electron chi connectivity index (χ0n) is 18.5. The van der Waals surface area contributed by atoms with Crippen LogP contribution in [-0.2, 0) is 24.3 Å². The summed E-state index contributed by atoms with van der Waals surface area (Å²) in [6, 6.07) is 25.6. The van der Waals surface area contributed by atoms with Gasteiger partial charge in [-0.3, -0.25) is 14.2 Å². The Morgan fingerprint density at radius 2 is 1.67 bits per heavy atom. The highest BCUT2D eigenvalue weighted by Gasteiger charge is 2.26. The smallest absolute Gasteiger partial charge is 0.262 e. The number of rotatable bonds is 5. The van der Waals surface area contributed by atoms with Crippen molar-refractivity contribution in [3.8, 4) is 0 Å². The molecule has 3 aromatic carbocycles. The van der Waals surface area contributed by atoms with Gasteiger partial charge < -0.3 is 4.90 Å². The van der Waals surface area contributed by atoms with Crippen molar-refractivity contribution < 1.29 is 4.79 Å². The van der Waals surface area contributed by atoms with Crippen LogP contribution in [0.4, 0.5) is 0 Å². The maximum Gasteiger partial charge on any atom is 0.262 e. The first-order chi connectivity index (χ1) is 16.1. The summed E-state index contributed by atoms with van der Waals surface area (Å²) in [5, 5.41) is 0.801. The van der Waals surface area contributed by atoms with E-state index in [1.54, 1.807) is 10.6 Å². The van der Waals surface area contributed by atoms with E-state index in [4.69, 9.17) is 4.98 Å². The maximum absolute atomic E-state index is 13.4. The van der Waals surface area contributed by atoms with Crippen LogP contribution < -0.4 is 5.56 Å². The van der Waals surface area contributed by atoms with Gasteiger partial charge in [0, 0.05) is 13.1 Å². The molecule has 0 radical (unpaired) electrons. The molecule has 166 valence electrons. The molecule has 0 aliphatic carbocycles. The van der Waals surface area contributed by atoms with Gasteiger partial charge in [-0.1, -0.05) is 78.5 Å². The minimum absolute atomic E-state index is 0.0724. The maximum atomic E-state index is 13.4. The summed E-state index contributed by atoms with van der Waals surface area (Å²) in [5.74, 6) is 0.0724. The molecule has 2 heterocycles. The van der Waals surface area contributed by atoms with Crippen LogP contribution in [0.2, 0.25) is 0 Å². The summed E-state index contributed by atoms with van der Waals surface area (Å²) >= 11 is 1.36. The molecule has 1 unspecified atom stereocenters. The van der Waals surface area contributed by atoms with Crippen LogP contribution in [0.25, 0.3) is 10.9 Å². The van der Waals surface area contributed by atoms with Crippen molar-refractivity contribution in [2.75, 3.05) is 6.54 Å². The lowest BCUT2D eigenvalue weighted by molar-refractivity contribution is -0.131. The minimum Gasteiger partial charge on any atom is -0.337 e. The van der Waals surface area contributed by atoms with E-state index in [0.717, 1.165) is 12.0 Å². The second-order valence-electron chi connectivity index (χ2n) is 8.33. The quantitative estimate of drug-likeness (QED) is 0.328. The Morgan fingerprint density at radius 1 is 0.970 bits per heavy atom. The first kappa shape index (κ1) is 21.5. The van der Waals surface area contributed by atoms with Crippen molar-refractivity contribution >= 4 is 28.6 Å². The Balaban J connectivity index is 1.44. The van der Waals surface area contributed by atoms with Gasteiger partial charge in [-0.05, 0) is 42.2 Å². The molecule has 0 bridgehead atoms. The Morgan fingerprint density at radius 3 is 2.48 bits per heavy atom. The van der Waals surface area contributed by atoms with Crippen molar-refractivity contribution in [1.82, 2.24) is 14.5 Å². The number of para-hydroxylation sites is 1. The number of nitrogens with zero attached hydrogens (tertiary/aromatic N) is 3. The standard InChI is InChI=1S/C27H25N3O2S/c1-19(25(31)29-16-15-21-11-5-6-12-22(21)18-29)33-27-28-24-14-8-7-13-23(24)26(32)30(27)17-20-9-3-2-4-10-20/h2-14,19H,15-18H2,1H3. The van der Waals surface area contributed by atoms with Crippen LogP contribution in [0.1, 0.15) is 23.6 Å². The molecule has 0 N–H and O–H groups in total. The van der Waals surface area contributed by atoms with Gasteiger partial charge in [0.05, 0.1) is 22.7 Å². The number of hydrogen-bond donors (Lipinski definition) is 0. The molecule has 1 amide bonds. The molecule has 5 rings (SSSR count). The zero-order chi connectivity index (χ0) is 22.8. The molecule has 0 spiro atoms. The molecule has 1 aliphatic heterocycles. The predicted octanol–water partition coefficient (Wildman–Crippen LogP) is 4.51. The average molecular weight is 456 g/mol. The molecule has 0 saturated heterocycles. The van der Waals surface area contributed by atoms with E-state index in [1.807, 2.05) is 72.5 Å². The zero-order valence-corrected chi connectivity index (χ0v) is 19.3. The van der Waals surface area contributed by atoms with Gasteiger partial charge in [0.15, 0.2) is 5.16 Å². The highest BCUT2D eigenvalue weighted by molar-refractivity contribution is 8.00. The van der Waals surface area contributed by atoms with Crippen LogP contribution >= 0.6 is 11.8 Å². The van der Waals surface area contributed by atoms with Crippen LogP contribution in [0.5, 0.6) is 0 Å². The van der Waals surface area contributed by atoms with Crippen molar-refractivity contribution in [1.29, 1.82) is 0 Å². The Kier molecular flexibility index (Phi) is 6.01. The Hall–Kier alpha value is -3.38. The summed E-state index contributed by atoms with van der Waals surface area (Å²) < 4.78 is 1.69. The van der Waals surface area contributed by atoms with E-state index in [2.05, 4.69) is 12.1 Å². The van der Waals surface area contributed by atoms with Gasteiger partial charge >= 0.3 is 0 Å². The predicted molar refractivity (Wildman–Crippen MR) is 132 cm³/mol. The lowest BCUT2D eigenvalue weighted by atomic mass is 10.00. The first-order valence-corrected chi connectivity index (χ1v) is 12.0. The van der Waals surface area contributed by atoms with E-state index >= 15 is 0 Å². The normalized spacial score (nSPS) is 14.2. The molecule has 1 aliphatic rings. The van der Waals surface area contributed by atoms with Crippen molar-refractivity contribution in [2.24, 2.45) is 0 Å². The molecular weight excluding hydrogens is 430 g/mol. The summed E-state index contributed by atoms with van der Waals surface area (Å²) in [6.45, 7) is 3.66. The molecule has 0 saturated carbocycles. The Labute approximate surface area is 197 Å². The molecule has 4 aromatic rings. The molecule has 1 atom stereocenters. The monoisotopic (exact) mass is 455 g/mol. The van der Waals surface area contributed by atoms with E-state index in [0.29, 0.717) is 35.7 Å². The Bertz CT molecular complexity index is 1370. The number of amides is 1. The molecule has 6 heteroatoms. The third kappa shape index (κ3) is 4.44. The van der Waals surface area contributed by atoms with E-state index in [-0.39, 0.29) is 16.7 Å². The van der Waals surface area contributed by atoms with Crippen molar-refractivity contribution in [3.05, 3.63) is 106 Å². The van der Waals surface area contributed by atoms with E-state index in [9.17, 15) is 9.59 Å². The fraction of sp³-hybridized carbons (Fsp3) is 0.222. The third-order valence-electron chi connectivity index (χ3n) is 6.08. The fourth-order valence-corrected chi connectivity index (χ4v) is 5.28. The SMILES string of the molecule is CC(Sc1nc2ccccc2c(=O)n1Cc1ccccc1)C(=O)N1CCc2ccccc2C1. The highest BCUT2D eigenvalue weighted by atomic mass is 32.2. The lowest BCUT2D eigenvalue weighted by Crippen LogP contribution is -2.40. The van der Waals surface area contributed by atoms with Gasteiger partial charge in [-0.15, -0.1) is 0 Å². The van der Waals surface area contributed by atoms with Gasteiger partial charge in [-0.25, -0.2) is 4.98 Å². The second-order valence-corrected chi connectivity index (χ2v) is 9.63. The molecule has 33 heavy (non-hydrogen) atoms. The van der Waals surface area contributed by atoms with E-state index < -0.39 is 0 Å². The number of fused-ring (bicyclic) bond motifs is 2. The summed E-state index contributed by atoms with van der Waals surface area (Å²) in [5.41, 5.74) is 4.11. The lowest BCUT2D eigenvalue weighted by Gasteiger charge is -2.30. The summed E-state index contributed by atoms with van der Waals surface area (Å²) in [6.07, 6.45) is 0.867. The molecular formula is C27H25N3O2S. The topological polar surface area (TPSA) is 55.2 Å². The van der Waals surface area contributed by atoms with Gasteiger partial charge in [0.25, 0.3) is 5.56 Å². The number of carbonyl (C=O) groups excluding carboxylic acids is 1. The largest absolute Gasteiger partial charge is 0.337 e. The first-order valence-electron chi connectivity index (χ1n) is 11.2. The van der Waals surface area contributed by atoms with Crippen LogP contribution in [0, 0.1) is 0 Å². The number of thioether (sulfide) groups is 1. The number of hydrogen-bond acceptors (Lipinski definition) is 4. The number of benzene rings is 3.